The predicted molar refractivity (Wildman–Crippen MR) is 76.8 cm³/mol. The second-order valence-corrected chi connectivity index (χ2v) is 8.14. The van der Waals surface area contributed by atoms with Gasteiger partial charge in [0.05, 0.1) is 18.1 Å². The van der Waals surface area contributed by atoms with Gasteiger partial charge in [-0.05, 0) is 0 Å². The summed E-state index contributed by atoms with van der Waals surface area (Å²) in [5.41, 5.74) is -0.350. The van der Waals surface area contributed by atoms with Gasteiger partial charge >= 0.3 is 0 Å². The zero-order chi connectivity index (χ0) is 17.0. The summed E-state index contributed by atoms with van der Waals surface area (Å²) >= 11 is 0. The lowest BCUT2D eigenvalue weighted by Gasteiger charge is -2.12. The van der Waals surface area contributed by atoms with Gasteiger partial charge in [0.2, 0.25) is 5.89 Å². The van der Waals surface area contributed by atoms with Crippen LogP contribution < -0.4 is 4.72 Å². The van der Waals surface area contributed by atoms with Crippen molar-refractivity contribution in [2.24, 2.45) is 0 Å². The van der Waals surface area contributed by atoms with E-state index in [-0.39, 0.29) is 23.1 Å². The number of nitrogens with one attached hydrogen (secondary N) is 1. The quantitative estimate of drug-likeness (QED) is 0.919. The zero-order valence-electron chi connectivity index (χ0n) is 12.7. The van der Waals surface area contributed by atoms with Crippen LogP contribution in [0.5, 0.6) is 0 Å². The van der Waals surface area contributed by atoms with E-state index in [1.165, 1.54) is 12.4 Å². The van der Waals surface area contributed by atoms with Crippen LogP contribution in [0, 0.1) is 0 Å². The van der Waals surface area contributed by atoms with Crippen LogP contribution in [0.4, 0.5) is 14.5 Å². The van der Waals surface area contributed by atoms with Gasteiger partial charge < -0.3 is 4.42 Å². The molecule has 2 aromatic heterocycles. The first-order valence-corrected chi connectivity index (χ1v) is 8.38. The van der Waals surface area contributed by atoms with Crippen LogP contribution in [0.2, 0.25) is 0 Å². The third kappa shape index (κ3) is 3.07. The molecule has 3 rings (SSSR count). The Morgan fingerprint density at radius 2 is 2.04 bits per heavy atom. The number of alkyl halides is 2. The van der Waals surface area contributed by atoms with Crippen molar-refractivity contribution in [3.8, 4) is 0 Å². The standard InChI is InChI=1S/C13H16F2N4O3S/c1-12(2,3)11-16-6-10(22-11)23(20,21)18-8-5-17-19(7-8)9-4-13(9,14)15/h5-7,9,18H,4H2,1-3H3. The molecule has 1 aliphatic rings. The fourth-order valence-corrected chi connectivity index (χ4v) is 2.88. The molecular weight excluding hydrogens is 330 g/mol. The Hall–Kier alpha value is -1.97. The molecule has 1 unspecified atom stereocenters. The SMILES string of the molecule is CC(C)(C)c1ncc(S(=O)(=O)Nc2cnn(C3CC3(F)F)c2)o1. The van der Waals surface area contributed by atoms with Gasteiger partial charge in [-0.25, -0.2) is 13.8 Å². The normalized spacial score (nSPS) is 20.5. The molecule has 0 aliphatic heterocycles. The van der Waals surface area contributed by atoms with Crippen LogP contribution >= 0.6 is 0 Å². The van der Waals surface area contributed by atoms with E-state index in [0.29, 0.717) is 0 Å². The maximum absolute atomic E-state index is 13.0. The summed E-state index contributed by atoms with van der Waals surface area (Å²) in [6.07, 6.45) is 3.22. The Morgan fingerprint density at radius 3 is 2.57 bits per heavy atom. The Bertz CT molecular complexity index is 836. The Balaban J connectivity index is 1.78. The summed E-state index contributed by atoms with van der Waals surface area (Å²) in [6, 6.07) is -1.02. The number of oxazole rings is 1. The van der Waals surface area contributed by atoms with E-state index in [9.17, 15) is 17.2 Å². The summed E-state index contributed by atoms with van der Waals surface area (Å²) in [6.45, 7) is 5.51. The molecular formula is C13H16F2N4O3S. The molecule has 0 amide bonds. The average molecular weight is 346 g/mol. The molecule has 0 aromatic carbocycles. The Labute approximate surface area is 131 Å². The van der Waals surface area contributed by atoms with Gasteiger partial charge in [-0.15, -0.1) is 0 Å². The van der Waals surface area contributed by atoms with Crippen LogP contribution in [-0.2, 0) is 15.4 Å². The van der Waals surface area contributed by atoms with Crippen molar-refractivity contribution in [3.63, 3.8) is 0 Å². The monoisotopic (exact) mass is 346 g/mol. The molecule has 1 atom stereocenters. The van der Waals surface area contributed by atoms with Crippen molar-refractivity contribution in [2.75, 3.05) is 4.72 Å². The average Bonchev–Trinajstić information content (AvgIpc) is 2.87. The topological polar surface area (TPSA) is 90.0 Å². The number of hydrogen-bond donors (Lipinski definition) is 1. The molecule has 10 heteroatoms. The van der Waals surface area contributed by atoms with Crippen molar-refractivity contribution in [2.45, 2.75) is 49.7 Å². The fourth-order valence-electron chi connectivity index (χ4n) is 1.98. The molecule has 0 spiro atoms. The van der Waals surface area contributed by atoms with Gasteiger partial charge in [0.1, 0.15) is 6.04 Å². The lowest BCUT2D eigenvalue weighted by atomic mass is 9.97. The molecule has 0 bridgehead atoms. The summed E-state index contributed by atoms with van der Waals surface area (Å²) in [5, 5.41) is 3.42. The minimum atomic E-state index is -3.99. The highest BCUT2D eigenvalue weighted by Crippen LogP contribution is 2.52. The fraction of sp³-hybridized carbons (Fsp3) is 0.538. The largest absolute Gasteiger partial charge is 0.427 e. The molecule has 2 heterocycles. The minimum absolute atomic E-state index is 0.0846. The molecule has 7 nitrogen and oxygen atoms in total. The number of halogens is 2. The Morgan fingerprint density at radius 1 is 1.39 bits per heavy atom. The third-order valence-corrected chi connectivity index (χ3v) is 4.58. The molecule has 1 N–H and O–H groups in total. The number of sulfonamides is 1. The van der Waals surface area contributed by atoms with E-state index in [1.807, 2.05) is 20.8 Å². The van der Waals surface area contributed by atoms with Crippen molar-refractivity contribution in [3.05, 3.63) is 24.5 Å². The molecule has 0 radical (unpaired) electrons. The molecule has 126 valence electrons. The van der Waals surface area contributed by atoms with Gasteiger partial charge in [0.25, 0.3) is 21.0 Å². The van der Waals surface area contributed by atoms with Crippen molar-refractivity contribution in [1.82, 2.24) is 14.8 Å². The summed E-state index contributed by atoms with van der Waals surface area (Å²) in [4.78, 5) is 3.95. The molecule has 1 saturated carbocycles. The van der Waals surface area contributed by atoms with Gasteiger partial charge in [-0.2, -0.15) is 13.5 Å². The van der Waals surface area contributed by atoms with E-state index in [1.54, 1.807) is 0 Å². The van der Waals surface area contributed by atoms with Crippen LogP contribution in [0.25, 0.3) is 0 Å². The first-order valence-electron chi connectivity index (χ1n) is 6.90. The highest BCUT2D eigenvalue weighted by Gasteiger charge is 2.59. The lowest BCUT2D eigenvalue weighted by Crippen LogP contribution is -2.13. The third-order valence-electron chi connectivity index (χ3n) is 3.36. The van der Waals surface area contributed by atoms with E-state index in [0.717, 1.165) is 10.9 Å². The van der Waals surface area contributed by atoms with Gasteiger partial charge in [-0.1, -0.05) is 20.8 Å². The number of aromatic nitrogens is 3. The van der Waals surface area contributed by atoms with E-state index >= 15 is 0 Å². The van der Waals surface area contributed by atoms with E-state index < -0.39 is 27.4 Å². The molecule has 2 aromatic rings. The lowest BCUT2D eigenvalue weighted by molar-refractivity contribution is 0.0983. The summed E-state index contributed by atoms with van der Waals surface area (Å²) in [5.74, 6) is -2.50. The van der Waals surface area contributed by atoms with Crippen LogP contribution in [0.15, 0.2) is 28.1 Å². The Kier molecular flexibility index (Phi) is 3.29. The van der Waals surface area contributed by atoms with Crippen LogP contribution in [-0.4, -0.2) is 29.1 Å². The number of nitrogens with zero attached hydrogens (tertiary/aromatic N) is 3. The predicted octanol–water partition coefficient (Wildman–Crippen LogP) is 2.55. The second-order valence-electron chi connectivity index (χ2n) is 6.53. The smallest absolute Gasteiger partial charge is 0.297 e. The van der Waals surface area contributed by atoms with Crippen molar-refractivity contribution in [1.29, 1.82) is 0 Å². The van der Waals surface area contributed by atoms with Crippen molar-refractivity contribution >= 4 is 15.7 Å². The first kappa shape index (κ1) is 15.9. The molecule has 1 fully saturated rings. The van der Waals surface area contributed by atoms with Crippen molar-refractivity contribution < 1.29 is 21.6 Å². The minimum Gasteiger partial charge on any atom is -0.427 e. The zero-order valence-corrected chi connectivity index (χ0v) is 13.6. The summed E-state index contributed by atoms with van der Waals surface area (Å²) in [7, 11) is -3.99. The highest BCUT2D eigenvalue weighted by atomic mass is 32.2. The maximum Gasteiger partial charge on any atom is 0.297 e. The van der Waals surface area contributed by atoms with Gasteiger partial charge in [0, 0.05) is 18.0 Å². The van der Waals surface area contributed by atoms with Gasteiger partial charge in [-0.3, -0.25) is 9.40 Å². The highest BCUT2D eigenvalue weighted by molar-refractivity contribution is 7.92. The van der Waals surface area contributed by atoms with Gasteiger partial charge in [0.15, 0.2) is 0 Å². The second kappa shape index (κ2) is 4.76. The van der Waals surface area contributed by atoms with E-state index in [4.69, 9.17) is 4.42 Å². The molecule has 23 heavy (non-hydrogen) atoms. The van der Waals surface area contributed by atoms with Crippen LogP contribution in [0.3, 0.4) is 0 Å². The van der Waals surface area contributed by atoms with E-state index in [2.05, 4.69) is 14.8 Å². The maximum atomic E-state index is 13.0. The molecule has 1 aliphatic carbocycles. The number of rotatable bonds is 4. The summed E-state index contributed by atoms with van der Waals surface area (Å²) < 4.78 is 59.0. The number of hydrogen-bond acceptors (Lipinski definition) is 5. The molecule has 0 saturated heterocycles. The first-order chi connectivity index (χ1) is 10.5. The number of anilines is 1. The van der Waals surface area contributed by atoms with Crippen LogP contribution in [0.1, 0.15) is 39.1 Å².